The molecule has 0 saturated carbocycles. The lowest BCUT2D eigenvalue weighted by atomic mass is 10.2. The van der Waals surface area contributed by atoms with Crippen molar-refractivity contribution in [3.63, 3.8) is 0 Å². The van der Waals surface area contributed by atoms with Gasteiger partial charge in [0, 0.05) is 37.2 Å². The number of Topliss-reactive ketones (excluding diaryl/α,β-unsaturated/α-hetero) is 1. The summed E-state index contributed by atoms with van der Waals surface area (Å²) in [4.78, 5) is 14.1. The van der Waals surface area contributed by atoms with Crippen molar-refractivity contribution in [1.29, 1.82) is 0 Å². The maximum atomic E-state index is 12.9. The Bertz CT molecular complexity index is 560. The summed E-state index contributed by atoms with van der Waals surface area (Å²) in [6, 6.07) is 8.00. The first-order valence-electron chi connectivity index (χ1n) is 6.26. The second-order valence-electron chi connectivity index (χ2n) is 4.48. The molecule has 0 N–H and O–H groups in total. The largest absolute Gasteiger partial charge is 0.364 e. The van der Waals surface area contributed by atoms with Gasteiger partial charge in [0.25, 0.3) is 0 Å². The Labute approximate surface area is 112 Å². The lowest BCUT2D eigenvalue weighted by molar-refractivity contribution is 0.0999. The molecule has 1 aromatic heterocycles. The summed E-state index contributed by atoms with van der Waals surface area (Å²) in [5.41, 5.74) is 1.55. The molecular weight excluding hydrogens is 243 g/mol. The third-order valence-corrected chi connectivity index (χ3v) is 3.06. The molecule has 1 aromatic carbocycles. The summed E-state index contributed by atoms with van der Waals surface area (Å²) in [7, 11) is 1.88. The van der Waals surface area contributed by atoms with Gasteiger partial charge in [0.05, 0.1) is 6.54 Å². The highest BCUT2D eigenvalue weighted by molar-refractivity contribution is 5.99. The number of likely N-dealkylation sites (N-methyl/N-ethyl adjacent to an activating group) is 1. The number of ketones is 1. The summed E-state index contributed by atoms with van der Waals surface area (Å²) >= 11 is 0. The van der Waals surface area contributed by atoms with Gasteiger partial charge in [-0.1, -0.05) is 0 Å². The topological polar surface area (TPSA) is 25.2 Å². The Kier molecular flexibility index (Phi) is 4.00. The minimum absolute atomic E-state index is 0.0618. The van der Waals surface area contributed by atoms with Crippen LogP contribution in [0.5, 0.6) is 0 Å². The number of aromatic nitrogens is 1. The van der Waals surface area contributed by atoms with Crippen molar-refractivity contribution in [3.05, 3.63) is 54.1 Å². The van der Waals surface area contributed by atoms with E-state index in [4.69, 9.17) is 0 Å². The Morgan fingerprint density at radius 2 is 1.95 bits per heavy atom. The van der Waals surface area contributed by atoms with Gasteiger partial charge in [-0.2, -0.15) is 0 Å². The minimum Gasteiger partial charge on any atom is -0.364 e. The molecule has 0 atom stereocenters. The molecule has 0 fully saturated rings. The quantitative estimate of drug-likeness (QED) is 0.772. The second kappa shape index (κ2) is 5.69. The third-order valence-electron chi connectivity index (χ3n) is 3.06. The molecule has 2 rings (SSSR count). The number of carbonyl (C=O) groups is 1. The number of hydrogen-bond acceptors (Lipinski definition) is 2. The van der Waals surface area contributed by atoms with Crippen molar-refractivity contribution < 1.29 is 9.18 Å². The van der Waals surface area contributed by atoms with Crippen molar-refractivity contribution in [1.82, 2.24) is 4.57 Å². The van der Waals surface area contributed by atoms with E-state index in [0.717, 1.165) is 5.69 Å². The van der Waals surface area contributed by atoms with Gasteiger partial charge in [-0.25, -0.2) is 4.39 Å². The summed E-state index contributed by atoms with van der Waals surface area (Å²) in [5.74, 6) is -0.207. The smallest absolute Gasteiger partial charge is 0.183 e. The summed E-state index contributed by atoms with van der Waals surface area (Å²) in [6.45, 7) is 2.97. The SMILES string of the molecule is CCN(CC(=O)c1ccn(C)c1)c1ccc(F)cc1. The Morgan fingerprint density at radius 3 is 2.47 bits per heavy atom. The van der Waals surface area contributed by atoms with Gasteiger partial charge in [-0.15, -0.1) is 0 Å². The number of halogens is 1. The van der Waals surface area contributed by atoms with Gasteiger partial charge >= 0.3 is 0 Å². The Morgan fingerprint density at radius 1 is 1.26 bits per heavy atom. The molecule has 0 bridgehead atoms. The van der Waals surface area contributed by atoms with Gasteiger partial charge in [0.1, 0.15) is 5.82 Å². The van der Waals surface area contributed by atoms with Crippen molar-refractivity contribution >= 4 is 11.5 Å². The molecule has 3 nitrogen and oxygen atoms in total. The van der Waals surface area contributed by atoms with Gasteiger partial charge in [0.2, 0.25) is 0 Å². The molecule has 4 heteroatoms. The lowest BCUT2D eigenvalue weighted by Gasteiger charge is -2.22. The van der Waals surface area contributed by atoms with Crippen LogP contribution in [-0.2, 0) is 7.05 Å². The van der Waals surface area contributed by atoms with E-state index in [1.807, 2.05) is 29.6 Å². The molecule has 0 aliphatic heterocycles. The number of hydrogen-bond donors (Lipinski definition) is 0. The van der Waals surface area contributed by atoms with Crippen LogP contribution >= 0.6 is 0 Å². The van der Waals surface area contributed by atoms with Gasteiger partial charge < -0.3 is 9.47 Å². The normalized spacial score (nSPS) is 10.5. The molecule has 0 saturated heterocycles. The molecule has 0 radical (unpaired) electrons. The van der Waals surface area contributed by atoms with Gasteiger partial charge in [0.15, 0.2) is 5.78 Å². The predicted octanol–water partition coefficient (Wildman–Crippen LogP) is 2.87. The van der Waals surface area contributed by atoms with Crippen LogP contribution < -0.4 is 4.90 Å². The zero-order chi connectivity index (χ0) is 13.8. The molecule has 0 amide bonds. The summed E-state index contributed by atoms with van der Waals surface area (Å²) in [6.07, 6.45) is 3.66. The average Bonchev–Trinajstić information content (AvgIpc) is 2.84. The zero-order valence-electron chi connectivity index (χ0n) is 11.1. The first-order chi connectivity index (χ1) is 9.10. The molecule has 0 spiro atoms. The van der Waals surface area contributed by atoms with Gasteiger partial charge in [-0.05, 0) is 37.3 Å². The van der Waals surface area contributed by atoms with E-state index < -0.39 is 0 Å². The Hall–Kier alpha value is -2.10. The van der Waals surface area contributed by atoms with Crippen LogP contribution in [0.2, 0.25) is 0 Å². The van der Waals surface area contributed by atoms with Gasteiger partial charge in [-0.3, -0.25) is 4.79 Å². The Balaban J connectivity index is 2.11. The van der Waals surface area contributed by atoms with E-state index in [1.54, 1.807) is 24.4 Å². The third kappa shape index (κ3) is 3.22. The fourth-order valence-electron chi connectivity index (χ4n) is 1.97. The van der Waals surface area contributed by atoms with E-state index in [0.29, 0.717) is 18.7 Å². The molecule has 100 valence electrons. The van der Waals surface area contributed by atoms with Crippen LogP contribution in [0, 0.1) is 5.82 Å². The highest BCUT2D eigenvalue weighted by atomic mass is 19.1. The number of rotatable bonds is 5. The fraction of sp³-hybridized carbons (Fsp3) is 0.267. The number of aryl methyl sites for hydroxylation is 1. The number of nitrogens with zero attached hydrogens (tertiary/aromatic N) is 2. The van der Waals surface area contributed by atoms with Crippen molar-refractivity contribution in [2.24, 2.45) is 7.05 Å². The second-order valence-corrected chi connectivity index (χ2v) is 4.48. The molecule has 2 aromatic rings. The van der Waals surface area contributed by atoms with Crippen LogP contribution in [0.1, 0.15) is 17.3 Å². The molecule has 0 unspecified atom stereocenters. The van der Waals surface area contributed by atoms with Crippen molar-refractivity contribution in [2.45, 2.75) is 6.92 Å². The number of carbonyl (C=O) groups excluding carboxylic acids is 1. The van der Waals surface area contributed by atoms with Crippen LogP contribution in [-0.4, -0.2) is 23.4 Å². The molecule has 19 heavy (non-hydrogen) atoms. The molecule has 0 aliphatic carbocycles. The minimum atomic E-state index is -0.269. The zero-order valence-corrected chi connectivity index (χ0v) is 11.1. The standard InChI is InChI=1S/C15H17FN2O/c1-3-18(14-6-4-13(16)5-7-14)11-15(19)12-8-9-17(2)10-12/h4-10H,3,11H2,1-2H3. The molecular formula is C15H17FN2O. The van der Waals surface area contributed by atoms with E-state index in [2.05, 4.69) is 0 Å². The predicted molar refractivity (Wildman–Crippen MR) is 74.0 cm³/mol. The first-order valence-corrected chi connectivity index (χ1v) is 6.26. The van der Waals surface area contributed by atoms with E-state index >= 15 is 0 Å². The fourth-order valence-corrected chi connectivity index (χ4v) is 1.97. The maximum Gasteiger partial charge on any atom is 0.183 e. The van der Waals surface area contributed by atoms with E-state index in [1.165, 1.54) is 12.1 Å². The highest BCUT2D eigenvalue weighted by Gasteiger charge is 2.12. The lowest BCUT2D eigenvalue weighted by Crippen LogP contribution is -2.29. The van der Waals surface area contributed by atoms with Crippen LogP contribution in [0.4, 0.5) is 10.1 Å². The monoisotopic (exact) mass is 260 g/mol. The maximum absolute atomic E-state index is 12.9. The van der Waals surface area contributed by atoms with E-state index in [-0.39, 0.29) is 11.6 Å². The highest BCUT2D eigenvalue weighted by Crippen LogP contribution is 2.15. The molecule has 0 aliphatic rings. The van der Waals surface area contributed by atoms with E-state index in [9.17, 15) is 9.18 Å². The average molecular weight is 260 g/mol. The summed E-state index contributed by atoms with van der Waals surface area (Å²) in [5, 5.41) is 0. The van der Waals surface area contributed by atoms with Crippen LogP contribution in [0.3, 0.4) is 0 Å². The number of anilines is 1. The van der Waals surface area contributed by atoms with Crippen molar-refractivity contribution in [2.75, 3.05) is 18.0 Å². The van der Waals surface area contributed by atoms with Crippen molar-refractivity contribution in [3.8, 4) is 0 Å². The molecule has 1 heterocycles. The first kappa shape index (κ1) is 13.3. The van der Waals surface area contributed by atoms with Crippen LogP contribution in [0.25, 0.3) is 0 Å². The summed E-state index contributed by atoms with van der Waals surface area (Å²) < 4.78 is 14.7. The number of benzene rings is 1. The van der Waals surface area contributed by atoms with Crippen LogP contribution in [0.15, 0.2) is 42.7 Å².